The van der Waals surface area contributed by atoms with Gasteiger partial charge in [0.1, 0.15) is 11.9 Å². The van der Waals surface area contributed by atoms with E-state index in [1.807, 2.05) is 65.9 Å². The molecule has 276 valence electrons. The number of carbonyl (C=O) groups excluding carboxylic acids is 2. The van der Waals surface area contributed by atoms with E-state index in [-0.39, 0.29) is 36.5 Å². The van der Waals surface area contributed by atoms with Gasteiger partial charge in [0.25, 0.3) is 5.91 Å². The maximum absolute atomic E-state index is 13.1. The van der Waals surface area contributed by atoms with Gasteiger partial charge in [-0.25, -0.2) is 0 Å². The number of nitrogens with zero attached hydrogens (tertiary/aromatic N) is 3. The molecule has 50 heavy (non-hydrogen) atoms. The third-order valence-electron chi connectivity index (χ3n) is 9.73. The van der Waals surface area contributed by atoms with E-state index in [9.17, 15) is 14.9 Å². The van der Waals surface area contributed by atoms with Crippen molar-refractivity contribution in [1.29, 1.82) is 5.26 Å². The zero-order chi connectivity index (χ0) is 38.0. The number of piperidine rings is 1. The normalized spacial score (nSPS) is 23.3. The molecule has 5 N–H and O–H groups in total. The van der Waals surface area contributed by atoms with Gasteiger partial charge in [-0.1, -0.05) is 76.3 Å². The van der Waals surface area contributed by atoms with E-state index in [1.165, 1.54) is 5.57 Å². The fraction of sp³-hybridized carbons (Fsp3) is 0.561. The van der Waals surface area contributed by atoms with Gasteiger partial charge in [0.15, 0.2) is 0 Å². The number of benzene rings is 1. The summed E-state index contributed by atoms with van der Waals surface area (Å²) in [4.78, 5) is 32.0. The Morgan fingerprint density at radius 3 is 2.40 bits per heavy atom. The monoisotopic (exact) mass is 688 g/mol. The predicted octanol–water partition coefficient (Wildman–Crippen LogP) is 6.58. The summed E-state index contributed by atoms with van der Waals surface area (Å²) in [5.41, 5.74) is 11.4. The summed E-state index contributed by atoms with van der Waals surface area (Å²) < 4.78 is 0. The molecule has 5 unspecified atom stereocenters. The lowest BCUT2D eigenvalue weighted by molar-refractivity contribution is -0.131. The number of hydrogen-bond donors (Lipinski definition) is 4. The molecule has 0 spiro atoms. The van der Waals surface area contributed by atoms with Gasteiger partial charge in [0.05, 0.1) is 18.0 Å². The standard InChI is InChI=1S/C29H40N6O2.C7H12.C3H7N.C2H6/c1-17(2)34-28(31)29(11-12-33-16-25(36)35-22(15-30)14-23-19(4)26(23)35)18(3)7-6-8-20-13-21(27(37)32-5)9-10-24(20)29;1-4-7(5-2)6-3;1-3-4-2;1-2/h7,9-10,13,17,19,22-23,26,33H,6,8,11-12,14,16H2,1-5H3,(H2,31,34)(H,32,37);4-5H,1,6H2,2-3H3;3-4H,1H2,2H3;1-2H3/b;7-5+;;. The molecule has 1 aromatic rings. The summed E-state index contributed by atoms with van der Waals surface area (Å²) in [5.74, 6) is 1.39. The molecule has 5 atom stereocenters. The molecule has 0 radical (unpaired) electrons. The van der Waals surface area contributed by atoms with Gasteiger partial charge in [0.2, 0.25) is 5.91 Å². The zero-order valence-electron chi connectivity index (χ0n) is 32.5. The number of rotatable bonds is 11. The van der Waals surface area contributed by atoms with Crippen LogP contribution in [0.15, 0.2) is 71.9 Å². The van der Waals surface area contributed by atoms with Crippen LogP contribution in [0.4, 0.5) is 0 Å². The highest BCUT2D eigenvalue weighted by Gasteiger charge is 2.60. The molecular weight excluding hydrogens is 622 g/mol. The van der Waals surface area contributed by atoms with Crippen LogP contribution >= 0.6 is 0 Å². The largest absolute Gasteiger partial charge is 0.394 e. The van der Waals surface area contributed by atoms with Crippen molar-refractivity contribution in [2.75, 3.05) is 27.2 Å². The van der Waals surface area contributed by atoms with Crippen molar-refractivity contribution in [2.45, 2.75) is 111 Å². The van der Waals surface area contributed by atoms with Gasteiger partial charge in [-0.2, -0.15) is 5.26 Å². The molecule has 0 bridgehead atoms. The number of carbonyl (C=O) groups is 2. The van der Waals surface area contributed by atoms with Crippen LogP contribution in [-0.4, -0.2) is 67.9 Å². The van der Waals surface area contributed by atoms with Crippen LogP contribution in [0.5, 0.6) is 0 Å². The average molecular weight is 688 g/mol. The van der Waals surface area contributed by atoms with Crippen molar-refractivity contribution in [1.82, 2.24) is 20.9 Å². The molecule has 1 saturated heterocycles. The van der Waals surface area contributed by atoms with E-state index in [2.05, 4.69) is 68.1 Å². The second kappa shape index (κ2) is 21.8. The number of nitrogens with one attached hydrogen (secondary N) is 3. The fourth-order valence-electron chi connectivity index (χ4n) is 6.92. The summed E-state index contributed by atoms with van der Waals surface area (Å²) in [6.07, 6.45) is 12.0. The van der Waals surface area contributed by atoms with E-state index >= 15 is 0 Å². The van der Waals surface area contributed by atoms with Crippen LogP contribution in [0.2, 0.25) is 0 Å². The first-order valence-corrected chi connectivity index (χ1v) is 18.3. The second-order valence-corrected chi connectivity index (χ2v) is 12.9. The first-order valence-electron chi connectivity index (χ1n) is 18.3. The van der Waals surface area contributed by atoms with Crippen molar-refractivity contribution in [3.8, 4) is 6.07 Å². The Balaban J connectivity index is 0.000000826. The molecule has 2 amide bonds. The van der Waals surface area contributed by atoms with E-state index in [0.29, 0.717) is 36.2 Å². The van der Waals surface area contributed by atoms with Gasteiger partial charge in [0, 0.05) is 31.7 Å². The topological polar surface area (TPSA) is 136 Å². The minimum absolute atomic E-state index is 0.00924. The first-order chi connectivity index (χ1) is 23.9. The smallest absolute Gasteiger partial charge is 0.251 e. The molecule has 1 heterocycles. The molecule has 1 aliphatic heterocycles. The number of likely N-dealkylation sites (tertiary alicyclic amines) is 1. The van der Waals surface area contributed by atoms with Gasteiger partial charge in [-0.05, 0) is 108 Å². The summed E-state index contributed by atoms with van der Waals surface area (Å²) in [6, 6.07) is 8.09. The third kappa shape index (κ3) is 10.9. The predicted molar refractivity (Wildman–Crippen MR) is 210 cm³/mol. The molecular formula is C41H65N7O2. The number of aryl methyl sites for hydroxylation is 1. The van der Waals surface area contributed by atoms with Gasteiger partial charge in [-0.3, -0.25) is 14.6 Å². The average Bonchev–Trinajstić information content (AvgIpc) is 3.60. The lowest BCUT2D eigenvalue weighted by Gasteiger charge is -2.37. The van der Waals surface area contributed by atoms with E-state index in [1.54, 1.807) is 18.1 Å². The van der Waals surface area contributed by atoms with Gasteiger partial charge < -0.3 is 26.6 Å². The molecule has 2 aliphatic carbocycles. The molecule has 9 heteroatoms. The molecule has 0 aromatic heterocycles. The lowest BCUT2D eigenvalue weighted by Crippen LogP contribution is -2.47. The number of hydrogen-bond acceptors (Lipinski definition) is 6. The first kappa shape index (κ1) is 43.9. The Hall–Kier alpha value is -4.16. The summed E-state index contributed by atoms with van der Waals surface area (Å²) in [5, 5.41) is 18.3. The van der Waals surface area contributed by atoms with Crippen LogP contribution < -0.4 is 21.7 Å². The quantitative estimate of drug-likeness (QED) is 0.0682. The summed E-state index contributed by atoms with van der Waals surface area (Å²) in [6.45, 7) is 24.2. The number of amidine groups is 1. The Morgan fingerprint density at radius 1 is 1.24 bits per heavy atom. The van der Waals surface area contributed by atoms with E-state index in [0.717, 1.165) is 42.4 Å². The van der Waals surface area contributed by atoms with Crippen molar-refractivity contribution in [3.63, 3.8) is 0 Å². The number of aliphatic imine (C=N–C) groups is 1. The maximum Gasteiger partial charge on any atom is 0.251 e. The molecule has 3 aliphatic rings. The van der Waals surface area contributed by atoms with Crippen molar-refractivity contribution in [2.24, 2.45) is 22.6 Å². The molecule has 1 saturated carbocycles. The molecule has 4 rings (SSSR count). The number of fused-ring (bicyclic) bond motifs is 2. The minimum Gasteiger partial charge on any atom is -0.394 e. The number of nitrogens with two attached hydrogens (primary N) is 1. The van der Waals surface area contributed by atoms with Crippen LogP contribution in [-0.2, 0) is 16.6 Å². The van der Waals surface area contributed by atoms with E-state index < -0.39 is 5.41 Å². The van der Waals surface area contributed by atoms with Crippen LogP contribution in [0.3, 0.4) is 0 Å². The molecule has 9 nitrogen and oxygen atoms in total. The minimum atomic E-state index is -0.633. The van der Waals surface area contributed by atoms with Crippen LogP contribution in [0, 0.1) is 23.2 Å². The molecule has 2 fully saturated rings. The Morgan fingerprint density at radius 2 is 1.90 bits per heavy atom. The third-order valence-corrected chi connectivity index (χ3v) is 9.73. The molecule has 1 aromatic carbocycles. The highest BCUT2D eigenvalue weighted by molar-refractivity contribution is 5.97. The summed E-state index contributed by atoms with van der Waals surface area (Å²) in [7, 11) is 3.45. The highest BCUT2D eigenvalue weighted by atomic mass is 16.2. The maximum atomic E-state index is 13.1. The Labute approximate surface area is 303 Å². The second-order valence-electron chi connectivity index (χ2n) is 12.9. The van der Waals surface area contributed by atoms with Crippen molar-refractivity contribution >= 4 is 17.6 Å². The number of nitriles is 1. The number of allylic oxidation sites excluding steroid dienone is 4. The van der Waals surface area contributed by atoms with Gasteiger partial charge in [-0.15, -0.1) is 0 Å². The SMILES string of the molecule is C=C/C(=C\C)CC.C=CNC.CC.CNC(=O)c1ccc2c(c1)CCC=C(C)C2(CCNCC(=O)N1C(C#N)CC2C(C)C21)C(N)=NC(C)C. The fourth-order valence-corrected chi connectivity index (χ4v) is 6.92. The Bertz CT molecular complexity index is 1420. The van der Waals surface area contributed by atoms with Crippen molar-refractivity contribution < 1.29 is 9.59 Å². The van der Waals surface area contributed by atoms with Gasteiger partial charge >= 0.3 is 0 Å². The lowest BCUT2D eigenvalue weighted by atomic mass is 9.69. The summed E-state index contributed by atoms with van der Waals surface area (Å²) >= 11 is 0. The van der Waals surface area contributed by atoms with Crippen LogP contribution in [0.25, 0.3) is 0 Å². The van der Waals surface area contributed by atoms with E-state index in [4.69, 9.17) is 10.7 Å². The zero-order valence-corrected chi connectivity index (χ0v) is 32.5. The van der Waals surface area contributed by atoms with Crippen molar-refractivity contribution in [3.05, 3.63) is 83.6 Å². The number of amides is 2. The van der Waals surface area contributed by atoms with Crippen LogP contribution in [0.1, 0.15) is 103 Å². The highest BCUT2D eigenvalue weighted by Crippen LogP contribution is 2.52. The Kier molecular flexibility index (Phi) is 19.1.